The average Bonchev–Trinajstić information content (AvgIpc) is 2.89. The van der Waals surface area contributed by atoms with Gasteiger partial charge in [-0.25, -0.2) is 0 Å². The van der Waals surface area contributed by atoms with Gasteiger partial charge < -0.3 is 10.1 Å². The SMILES string of the molecule is Cc1cc([N+](=O)[O-])ccc1OCCCC1CCCN1. The normalized spacial score (nSPS) is 18.5. The molecule has 1 N–H and O–H groups in total. The van der Waals surface area contributed by atoms with E-state index in [-0.39, 0.29) is 10.6 Å². The third-order valence-corrected chi connectivity index (χ3v) is 3.49. The van der Waals surface area contributed by atoms with Gasteiger partial charge in [-0.15, -0.1) is 0 Å². The van der Waals surface area contributed by atoms with Gasteiger partial charge in [0.25, 0.3) is 5.69 Å². The molecule has 1 unspecified atom stereocenters. The molecule has 2 rings (SSSR count). The van der Waals surface area contributed by atoms with Crippen LogP contribution in [0.4, 0.5) is 5.69 Å². The van der Waals surface area contributed by atoms with Gasteiger partial charge in [0.05, 0.1) is 11.5 Å². The highest BCUT2D eigenvalue weighted by molar-refractivity contribution is 5.42. The first-order valence-electron chi connectivity index (χ1n) is 6.78. The summed E-state index contributed by atoms with van der Waals surface area (Å²) in [5.41, 5.74) is 0.924. The topological polar surface area (TPSA) is 64.4 Å². The van der Waals surface area contributed by atoms with Crippen LogP contribution < -0.4 is 10.1 Å². The fourth-order valence-electron chi connectivity index (χ4n) is 2.42. The molecule has 0 aromatic heterocycles. The van der Waals surface area contributed by atoms with Crippen LogP contribution in [0.1, 0.15) is 31.2 Å². The number of non-ortho nitro benzene ring substituents is 1. The highest BCUT2D eigenvalue weighted by Crippen LogP contribution is 2.23. The number of hydrogen-bond acceptors (Lipinski definition) is 4. The monoisotopic (exact) mass is 264 g/mol. The van der Waals surface area contributed by atoms with E-state index in [0.717, 1.165) is 30.7 Å². The molecule has 1 atom stereocenters. The van der Waals surface area contributed by atoms with Crippen LogP contribution in [0.15, 0.2) is 18.2 Å². The van der Waals surface area contributed by atoms with Gasteiger partial charge in [-0.1, -0.05) is 0 Å². The highest BCUT2D eigenvalue weighted by Gasteiger charge is 2.13. The lowest BCUT2D eigenvalue weighted by molar-refractivity contribution is -0.384. The summed E-state index contributed by atoms with van der Waals surface area (Å²) in [6, 6.07) is 5.36. The van der Waals surface area contributed by atoms with Gasteiger partial charge in [0.2, 0.25) is 0 Å². The van der Waals surface area contributed by atoms with Gasteiger partial charge in [-0.2, -0.15) is 0 Å². The summed E-state index contributed by atoms with van der Waals surface area (Å²) >= 11 is 0. The summed E-state index contributed by atoms with van der Waals surface area (Å²) in [7, 11) is 0. The van der Waals surface area contributed by atoms with Crippen LogP contribution in [0.25, 0.3) is 0 Å². The predicted molar refractivity (Wildman–Crippen MR) is 73.6 cm³/mol. The Balaban J connectivity index is 1.77. The summed E-state index contributed by atoms with van der Waals surface area (Å²) in [6.45, 7) is 3.63. The highest BCUT2D eigenvalue weighted by atomic mass is 16.6. The molecule has 0 bridgehead atoms. The molecule has 1 aliphatic rings. The molecule has 19 heavy (non-hydrogen) atoms. The number of ether oxygens (including phenoxy) is 1. The van der Waals surface area contributed by atoms with E-state index in [1.807, 2.05) is 6.92 Å². The van der Waals surface area contributed by atoms with Gasteiger partial charge in [0, 0.05) is 18.2 Å². The third kappa shape index (κ3) is 3.92. The van der Waals surface area contributed by atoms with E-state index in [0.29, 0.717) is 12.6 Å². The first kappa shape index (κ1) is 13.8. The van der Waals surface area contributed by atoms with Crippen LogP contribution in [-0.4, -0.2) is 24.1 Å². The summed E-state index contributed by atoms with van der Waals surface area (Å²) < 4.78 is 5.68. The number of benzene rings is 1. The standard InChI is InChI=1S/C14H20N2O3/c1-11-10-13(16(17)18)6-7-14(11)19-9-3-5-12-4-2-8-15-12/h6-7,10,12,15H,2-5,8-9H2,1H3. The maximum atomic E-state index is 10.6. The molecule has 1 aromatic rings. The van der Waals surface area contributed by atoms with Crippen molar-refractivity contribution in [2.24, 2.45) is 0 Å². The quantitative estimate of drug-likeness (QED) is 0.487. The van der Waals surface area contributed by atoms with Crippen molar-refractivity contribution in [3.8, 4) is 5.75 Å². The first-order valence-corrected chi connectivity index (χ1v) is 6.78. The van der Waals surface area contributed by atoms with Crippen molar-refractivity contribution >= 4 is 5.69 Å². The molecule has 0 spiro atoms. The molecular weight excluding hydrogens is 244 g/mol. The molecule has 104 valence electrons. The number of nitrogens with zero attached hydrogens (tertiary/aromatic N) is 1. The van der Waals surface area contributed by atoms with E-state index in [2.05, 4.69) is 5.32 Å². The zero-order chi connectivity index (χ0) is 13.7. The van der Waals surface area contributed by atoms with Crippen molar-refractivity contribution in [1.29, 1.82) is 0 Å². The molecule has 0 aliphatic carbocycles. The summed E-state index contributed by atoms with van der Waals surface area (Å²) in [5.74, 6) is 0.741. The molecule has 1 saturated heterocycles. The summed E-state index contributed by atoms with van der Waals surface area (Å²) in [5, 5.41) is 14.1. The lowest BCUT2D eigenvalue weighted by atomic mass is 10.1. The zero-order valence-electron chi connectivity index (χ0n) is 11.2. The van der Waals surface area contributed by atoms with E-state index in [1.165, 1.54) is 18.9 Å². The van der Waals surface area contributed by atoms with Crippen LogP contribution >= 0.6 is 0 Å². The molecule has 1 aliphatic heterocycles. The van der Waals surface area contributed by atoms with E-state index in [1.54, 1.807) is 12.1 Å². The minimum absolute atomic E-state index is 0.111. The number of hydrogen-bond donors (Lipinski definition) is 1. The summed E-state index contributed by atoms with van der Waals surface area (Å²) in [6.07, 6.45) is 4.67. The van der Waals surface area contributed by atoms with Crippen LogP contribution in [0, 0.1) is 17.0 Å². The van der Waals surface area contributed by atoms with Gasteiger partial charge >= 0.3 is 0 Å². The Kier molecular flexibility index (Phi) is 4.74. The second-order valence-electron chi connectivity index (χ2n) is 4.99. The Morgan fingerprint density at radius 1 is 1.53 bits per heavy atom. The average molecular weight is 264 g/mol. The lowest BCUT2D eigenvalue weighted by Crippen LogP contribution is -2.21. The Labute approximate surface area is 113 Å². The fourth-order valence-corrected chi connectivity index (χ4v) is 2.42. The summed E-state index contributed by atoms with van der Waals surface area (Å²) in [4.78, 5) is 10.2. The van der Waals surface area contributed by atoms with Gasteiger partial charge in [0.1, 0.15) is 5.75 Å². The maximum Gasteiger partial charge on any atom is 0.269 e. The van der Waals surface area contributed by atoms with Gasteiger partial charge in [-0.05, 0) is 50.8 Å². The van der Waals surface area contributed by atoms with E-state index in [9.17, 15) is 10.1 Å². The minimum atomic E-state index is -0.386. The smallest absolute Gasteiger partial charge is 0.269 e. The molecular formula is C14H20N2O3. The number of nitrogens with one attached hydrogen (secondary N) is 1. The molecule has 0 radical (unpaired) electrons. The van der Waals surface area contributed by atoms with E-state index >= 15 is 0 Å². The van der Waals surface area contributed by atoms with Crippen molar-refractivity contribution in [3.63, 3.8) is 0 Å². The van der Waals surface area contributed by atoms with Crippen molar-refractivity contribution in [2.75, 3.05) is 13.2 Å². The van der Waals surface area contributed by atoms with Crippen LogP contribution in [-0.2, 0) is 0 Å². The zero-order valence-corrected chi connectivity index (χ0v) is 11.2. The van der Waals surface area contributed by atoms with Crippen LogP contribution in [0.3, 0.4) is 0 Å². The Morgan fingerprint density at radius 2 is 2.37 bits per heavy atom. The number of nitro groups is 1. The third-order valence-electron chi connectivity index (χ3n) is 3.49. The number of aryl methyl sites for hydroxylation is 1. The Bertz CT molecular complexity index is 442. The fraction of sp³-hybridized carbons (Fsp3) is 0.571. The van der Waals surface area contributed by atoms with Gasteiger partial charge in [0.15, 0.2) is 0 Å². The van der Waals surface area contributed by atoms with Crippen molar-refractivity contribution < 1.29 is 9.66 Å². The second kappa shape index (κ2) is 6.52. The molecule has 0 amide bonds. The van der Waals surface area contributed by atoms with Crippen LogP contribution in [0.5, 0.6) is 5.75 Å². The van der Waals surface area contributed by atoms with Crippen LogP contribution in [0.2, 0.25) is 0 Å². The largest absolute Gasteiger partial charge is 0.493 e. The molecule has 1 fully saturated rings. The maximum absolute atomic E-state index is 10.6. The molecule has 1 heterocycles. The van der Waals surface area contributed by atoms with Crippen molar-refractivity contribution in [2.45, 2.75) is 38.6 Å². The second-order valence-corrected chi connectivity index (χ2v) is 4.99. The molecule has 0 saturated carbocycles. The molecule has 5 heteroatoms. The number of nitro benzene ring substituents is 1. The molecule has 5 nitrogen and oxygen atoms in total. The van der Waals surface area contributed by atoms with E-state index in [4.69, 9.17) is 4.74 Å². The predicted octanol–water partition coefficient (Wildman–Crippen LogP) is 2.81. The van der Waals surface area contributed by atoms with Gasteiger partial charge in [-0.3, -0.25) is 10.1 Å². The lowest BCUT2D eigenvalue weighted by Gasteiger charge is -2.11. The van der Waals surface area contributed by atoms with Crippen molar-refractivity contribution in [3.05, 3.63) is 33.9 Å². The Morgan fingerprint density at radius 3 is 3.00 bits per heavy atom. The number of rotatable bonds is 6. The molecule has 1 aromatic carbocycles. The Hall–Kier alpha value is -1.62. The van der Waals surface area contributed by atoms with E-state index < -0.39 is 0 Å². The first-order chi connectivity index (χ1) is 9.16. The minimum Gasteiger partial charge on any atom is -0.493 e. The van der Waals surface area contributed by atoms with Crippen molar-refractivity contribution in [1.82, 2.24) is 5.32 Å².